The fourth-order valence-corrected chi connectivity index (χ4v) is 4.86. The zero-order valence-electron chi connectivity index (χ0n) is 15.8. The molecule has 4 unspecified atom stereocenters. The van der Waals surface area contributed by atoms with Gasteiger partial charge in [-0.15, -0.1) is 0 Å². The molecule has 4 nitrogen and oxygen atoms in total. The highest BCUT2D eigenvalue weighted by Crippen LogP contribution is 2.46. The fourth-order valence-electron chi connectivity index (χ4n) is 4.86. The molecule has 140 valence electrons. The number of rotatable bonds is 5. The van der Waals surface area contributed by atoms with Crippen LogP contribution in [0.5, 0.6) is 0 Å². The Labute approximate surface area is 160 Å². The molecule has 0 saturated heterocycles. The van der Waals surface area contributed by atoms with Gasteiger partial charge >= 0.3 is 5.97 Å². The van der Waals surface area contributed by atoms with Crippen molar-refractivity contribution in [3.05, 3.63) is 60.2 Å². The van der Waals surface area contributed by atoms with Gasteiger partial charge in [-0.1, -0.05) is 54.6 Å². The highest BCUT2D eigenvalue weighted by molar-refractivity contribution is 5.86. The summed E-state index contributed by atoms with van der Waals surface area (Å²) in [7, 11) is 4.01. The maximum atomic E-state index is 12.7. The largest absolute Gasteiger partial charge is 0.462 e. The molecule has 2 aliphatic rings. The summed E-state index contributed by atoms with van der Waals surface area (Å²) in [5, 5.41) is 0. The summed E-state index contributed by atoms with van der Waals surface area (Å²) in [6, 6.07) is 18.2. The van der Waals surface area contributed by atoms with Crippen LogP contribution < -0.4 is 0 Å². The van der Waals surface area contributed by atoms with E-state index in [9.17, 15) is 9.59 Å². The van der Waals surface area contributed by atoms with Gasteiger partial charge in [0.05, 0.1) is 6.42 Å². The van der Waals surface area contributed by atoms with Crippen molar-refractivity contribution in [2.75, 3.05) is 14.1 Å². The summed E-state index contributed by atoms with van der Waals surface area (Å²) in [6.07, 6.45) is 1.31. The first kappa shape index (κ1) is 17.9. The van der Waals surface area contributed by atoms with Crippen molar-refractivity contribution in [2.24, 2.45) is 11.8 Å². The SMILES string of the molecule is CN(C)C1C2CC(OC(=O)Cc3ccccc3-c3ccccc3)C1CC2=O. The summed E-state index contributed by atoms with van der Waals surface area (Å²) in [5.41, 5.74) is 3.13. The zero-order chi connectivity index (χ0) is 19.0. The predicted octanol–water partition coefficient (Wildman–Crippen LogP) is 3.35. The van der Waals surface area contributed by atoms with E-state index in [0.717, 1.165) is 16.7 Å². The molecular formula is C23H25NO3. The molecule has 2 aromatic rings. The Kier molecular flexibility index (Phi) is 4.83. The van der Waals surface area contributed by atoms with Crippen LogP contribution in [0.15, 0.2) is 54.6 Å². The van der Waals surface area contributed by atoms with Crippen molar-refractivity contribution in [2.45, 2.75) is 31.4 Å². The van der Waals surface area contributed by atoms with Gasteiger partial charge in [-0.2, -0.15) is 0 Å². The van der Waals surface area contributed by atoms with Crippen molar-refractivity contribution in [3.8, 4) is 11.1 Å². The molecule has 2 saturated carbocycles. The monoisotopic (exact) mass is 363 g/mol. The maximum Gasteiger partial charge on any atom is 0.310 e. The number of hydrogen-bond donors (Lipinski definition) is 0. The van der Waals surface area contributed by atoms with E-state index in [1.807, 2.05) is 68.7 Å². The molecule has 0 heterocycles. The number of nitrogens with zero attached hydrogens (tertiary/aromatic N) is 1. The van der Waals surface area contributed by atoms with E-state index in [1.165, 1.54) is 0 Å². The zero-order valence-corrected chi connectivity index (χ0v) is 15.8. The number of fused-ring (bicyclic) bond motifs is 2. The number of carbonyl (C=O) groups excluding carboxylic acids is 2. The summed E-state index contributed by atoms with van der Waals surface area (Å²) in [5.74, 6) is 0.256. The van der Waals surface area contributed by atoms with Gasteiger partial charge in [-0.3, -0.25) is 9.59 Å². The number of Topliss-reactive ketones (excluding diaryl/α,β-unsaturated/α-hetero) is 1. The lowest BCUT2D eigenvalue weighted by Gasteiger charge is -2.25. The van der Waals surface area contributed by atoms with Crippen LogP contribution in [0, 0.1) is 11.8 Å². The lowest BCUT2D eigenvalue weighted by Crippen LogP contribution is -2.35. The first-order chi connectivity index (χ1) is 13.0. The maximum absolute atomic E-state index is 12.7. The van der Waals surface area contributed by atoms with E-state index in [0.29, 0.717) is 18.6 Å². The topological polar surface area (TPSA) is 46.6 Å². The molecule has 2 bridgehead atoms. The van der Waals surface area contributed by atoms with Crippen molar-refractivity contribution in [1.29, 1.82) is 0 Å². The molecule has 0 amide bonds. The molecule has 2 aliphatic carbocycles. The van der Waals surface area contributed by atoms with E-state index >= 15 is 0 Å². The Morgan fingerprint density at radius 3 is 2.48 bits per heavy atom. The van der Waals surface area contributed by atoms with E-state index in [4.69, 9.17) is 4.74 Å². The fraction of sp³-hybridized carbons (Fsp3) is 0.391. The molecule has 0 aromatic heterocycles. The number of hydrogen-bond acceptors (Lipinski definition) is 4. The van der Waals surface area contributed by atoms with Gasteiger partial charge in [0, 0.05) is 24.3 Å². The predicted molar refractivity (Wildman–Crippen MR) is 104 cm³/mol. The third-order valence-corrected chi connectivity index (χ3v) is 5.98. The minimum absolute atomic E-state index is 0.0133. The highest BCUT2D eigenvalue weighted by atomic mass is 16.5. The molecule has 0 N–H and O–H groups in total. The van der Waals surface area contributed by atoms with Crippen molar-refractivity contribution in [3.63, 3.8) is 0 Å². The standard InChI is InChI=1S/C23H25NO3/c1-24(2)23-18-14-21(19(23)13-20(18)25)27-22(26)12-16-10-6-7-11-17(16)15-8-4-3-5-9-15/h3-11,18-19,21,23H,12-14H2,1-2H3. The molecule has 0 spiro atoms. The van der Waals surface area contributed by atoms with Crippen molar-refractivity contribution >= 4 is 11.8 Å². The second-order valence-corrected chi connectivity index (χ2v) is 7.86. The first-order valence-corrected chi connectivity index (χ1v) is 9.56. The minimum atomic E-state index is -0.208. The molecule has 27 heavy (non-hydrogen) atoms. The van der Waals surface area contributed by atoms with Crippen LogP contribution in [0.25, 0.3) is 11.1 Å². The van der Waals surface area contributed by atoms with Crippen molar-refractivity contribution < 1.29 is 14.3 Å². The summed E-state index contributed by atoms with van der Waals surface area (Å²) < 4.78 is 5.85. The minimum Gasteiger partial charge on any atom is -0.462 e. The Morgan fingerprint density at radius 1 is 1.07 bits per heavy atom. The summed E-state index contributed by atoms with van der Waals surface area (Å²) in [6.45, 7) is 0. The summed E-state index contributed by atoms with van der Waals surface area (Å²) >= 11 is 0. The molecular weight excluding hydrogens is 338 g/mol. The van der Waals surface area contributed by atoms with Gasteiger partial charge in [0.2, 0.25) is 0 Å². The van der Waals surface area contributed by atoms with Crippen LogP contribution in [0.3, 0.4) is 0 Å². The number of carbonyl (C=O) groups is 2. The molecule has 2 aromatic carbocycles. The number of esters is 1. The molecule has 4 rings (SSSR count). The van der Waals surface area contributed by atoms with Gasteiger partial charge in [0.25, 0.3) is 0 Å². The number of ether oxygens (including phenoxy) is 1. The quantitative estimate of drug-likeness (QED) is 0.765. The third kappa shape index (κ3) is 3.42. The lowest BCUT2D eigenvalue weighted by atomic mass is 9.96. The normalized spacial score (nSPS) is 26.6. The molecule has 4 atom stereocenters. The van der Waals surface area contributed by atoms with Crippen LogP contribution in [0.4, 0.5) is 0 Å². The van der Waals surface area contributed by atoms with Gasteiger partial charge in [0.1, 0.15) is 11.9 Å². The lowest BCUT2D eigenvalue weighted by molar-refractivity contribution is -0.152. The second-order valence-electron chi connectivity index (χ2n) is 7.86. The van der Waals surface area contributed by atoms with Crippen LogP contribution in [0.2, 0.25) is 0 Å². The van der Waals surface area contributed by atoms with Crippen LogP contribution in [-0.2, 0) is 20.7 Å². The summed E-state index contributed by atoms with van der Waals surface area (Å²) in [4.78, 5) is 26.9. The van der Waals surface area contributed by atoms with E-state index in [1.54, 1.807) is 0 Å². The third-order valence-electron chi connectivity index (χ3n) is 5.98. The second kappa shape index (κ2) is 7.28. The molecule has 2 fully saturated rings. The average molecular weight is 363 g/mol. The van der Waals surface area contributed by atoms with Gasteiger partial charge in [-0.25, -0.2) is 0 Å². The smallest absolute Gasteiger partial charge is 0.310 e. The van der Waals surface area contributed by atoms with Crippen LogP contribution in [-0.4, -0.2) is 42.9 Å². The van der Waals surface area contributed by atoms with E-state index < -0.39 is 0 Å². The molecule has 0 radical (unpaired) electrons. The van der Waals surface area contributed by atoms with Crippen LogP contribution in [0.1, 0.15) is 18.4 Å². The Balaban J connectivity index is 1.47. The van der Waals surface area contributed by atoms with Gasteiger partial charge in [0.15, 0.2) is 0 Å². The average Bonchev–Trinajstić information content (AvgIpc) is 3.17. The van der Waals surface area contributed by atoms with Crippen LogP contribution >= 0.6 is 0 Å². The first-order valence-electron chi connectivity index (χ1n) is 9.56. The Morgan fingerprint density at radius 2 is 1.78 bits per heavy atom. The highest BCUT2D eigenvalue weighted by Gasteiger charge is 2.55. The van der Waals surface area contributed by atoms with Gasteiger partial charge in [-0.05, 0) is 37.2 Å². The molecule has 4 heteroatoms. The number of benzene rings is 2. The van der Waals surface area contributed by atoms with E-state index in [-0.39, 0.29) is 36.4 Å². The Hall–Kier alpha value is -2.46. The number of ketones is 1. The molecule has 0 aliphatic heterocycles. The van der Waals surface area contributed by atoms with Gasteiger partial charge < -0.3 is 9.64 Å². The van der Waals surface area contributed by atoms with E-state index in [2.05, 4.69) is 4.90 Å². The van der Waals surface area contributed by atoms with Crippen molar-refractivity contribution in [1.82, 2.24) is 4.90 Å². The Bertz CT molecular complexity index is 846.